The van der Waals surface area contributed by atoms with E-state index in [-0.39, 0.29) is 12.3 Å². The van der Waals surface area contributed by atoms with Gasteiger partial charge in [0, 0.05) is 17.8 Å². The molecular formula is C10H9N5OS. The van der Waals surface area contributed by atoms with Crippen LogP contribution in [0.2, 0.25) is 0 Å². The van der Waals surface area contributed by atoms with E-state index in [1.54, 1.807) is 23.0 Å². The van der Waals surface area contributed by atoms with Crippen molar-refractivity contribution in [1.82, 2.24) is 19.4 Å². The van der Waals surface area contributed by atoms with Crippen molar-refractivity contribution in [3.63, 3.8) is 0 Å². The lowest BCUT2D eigenvalue weighted by atomic mass is 10.3. The molecule has 3 rings (SSSR count). The maximum Gasteiger partial charge on any atom is 0.194 e. The van der Waals surface area contributed by atoms with Gasteiger partial charge in [0.15, 0.2) is 16.6 Å². The number of hydrogen-bond donors (Lipinski definition) is 2. The molecule has 0 atom stereocenters. The highest BCUT2D eigenvalue weighted by molar-refractivity contribution is 7.15. The molecule has 0 saturated carbocycles. The van der Waals surface area contributed by atoms with Gasteiger partial charge in [-0.15, -0.1) is 11.3 Å². The van der Waals surface area contributed by atoms with Crippen molar-refractivity contribution in [3.8, 4) is 11.5 Å². The third-order valence-corrected chi connectivity index (χ3v) is 3.30. The van der Waals surface area contributed by atoms with Crippen LogP contribution in [0.4, 0.5) is 0 Å². The smallest absolute Gasteiger partial charge is 0.194 e. The van der Waals surface area contributed by atoms with E-state index < -0.39 is 0 Å². The highest BCUT2D eigenvalue weighted by Gasteiger charge is 2.16. The second-order valence-electron chi connectivity index (χ2n) is 3.45. The number of imidazole rings is 2. The Morgan fingerprint density at radius 3 is 3.12 bits per heavy atom. The zero-order valence-electron chi connectivity index (χ0n) is 8.75. The van der Waals surface area contributed by atoms with Gasteiger partial charge in [0.2, 0.25) is 0 Å². The van der Waals surface area contributed by atoms with Crippen LogP contribution in [0.1, 0.15) is 10.5 Å². The third-order valence-electron chi connectivity index (χ3n) is 2.46. The number of H-pyrrole nitrogens is 1. The van der Waals surface area contributed by atoms with Crippen molar-refractivity contribution in [2.24, 2.45) is 5.73 Å². The van der Waals surface area contributed by atoms with Crippen molar-refractivity contribution in [3.05, 3.63) is 29.7 Å². The van der Waals surface area contributed by atoms with Gasteiger partial charge < -0.3 is 10.7 Å². The molecule has 0 saturated heterocycles. The molecule has 3 N–H and O–H groups in total. The van der Waals surface area contributed by atoms with E-state index in [1.165, 1.54) is 11.3 Å². The molecule has 6 nitrogen and oxygen atoms in total. The van der Waals surface area contributed by atoms with Crippen molar-refractivity contribution in [1.29, 1.82) is 0 Å². The summed E-state index contributed by atoms with van der Waals surface area (Å²) >= 11 is 1.46. The number of nitrogens with zero attached hydrogens (tertiary/aromatic N) is 3. The van der Waals surface area contributed by atoms with Crippen LogP contribution in [0.25, 0.3) is 16.5 Å². The summed E-state index contributed by atoms with van der Waals surface area (Å²) in [6.07, 6.45) is 4.95. The van der Waals surface area contributed by atoms with Crippen LogP contribution in [0.3, 0.4) is 0 Å². The molecule has 0 aromatic carbocycles. The minimum absolute atomic E-state index is 0.0266. The van der Waals surface area contributed by atoms with E-state index in [9.17, 15) is 4.79 Å². The molecular weight excluding hydrogens is 238 g/mol. The summed E-state index contributed by atoms with van der Waals surface area (Å²) in [4.78, 5) is 23.8. The SMILES string of the molecule is NCC(=O)c1cnc2scc(-c3ncc[nH]3)n12. The van der Waals surface area contributed by atoms with E-state index in [0.29, 0.717) is 11.5 Å². The number of aromatic nitrogens is 4. The number of hydrogen-bond acceptors (Lipinski definition) is 5. The van der Waals surface area contributed by atoms with Crippen LogP contribution in [0.5, 0.6) is 0 Å². The normalized spacial score (nSPS) is 11.1. The van der Waals surface area contributed by atoms with E-state index in [2.05, 4.69) is 15.0 Å². The first-order valence-electron chi connectivity index (χ1n) is 4.99. The summed E-state index contributed by atoms with van der Waals surface area (Å²) in [5.74, 6) is 0.573. The summed E-state index contributed by atoms with van der Waals surface area (Å²) in [6.45, 7) is -0.0266. The zero-order valence-corrected chi connectivity index (χ0v) is 9.57. The summed E-state index contributed by atoms with van der Waals surface area (Å²) < 4.78 is 1.78. The average molecular weight is 247 g/mol. The quantitative estimate of drug-likeness (QED) is 0.674. The first-order chi connectivity index (χ1) is 8.31. The first kappa shape index (κ1) is 10.2. The maximum absolute atomic E-state index is 11.7. The van der Waals surface area contributed by atoms with E-state index in [1.807, 2.05) is 5.38 Å². The van der Waals surface area contributed by atoms with Gasteiger partial charge in [-0.25, -0.2) is 9.97 Å². The zero-order chi connectivity index (χ0) is 11.8. The van der Waals surface area contributed by atoms with Gasteiger partial charge in [0.05, 0.1) is 12.7 Å². The highest BCUT2D eigenvalue weighted by atomic mass is 32.1. The molecule has 3 heterocycles. The second-order valence-corrected chi connectivity index (χ2v) is 4.28. The number of rotatable bonds is 3. The molecule has 3 aromatic rings. The number of aromatic amines is 1. The molecule has 0 radical (unpaired) electrons. The Labute approximate surface area is 100 Å². The Hall–Kier alpha value is -1.99. The molecule has 86 valence electrons. The lowest BCUT2D eigenvalue weighted by Crippen LogP contribution is -2.15. The molecule has 0 amide bonds. The molecule has 7 heteroatoms. The molecule has 3 aromatic heterocycles. The molecule has 0 fully saturated rings. The fraction of sp³-hybridized carbons (Fsp3) is 0.100. The number of carbonyl (C=O) groups is 1. The lowest BCUT2D eigenvalue weighted by molar-refractivity contribution is 0.0996. The number of Topliss-reactive ketones (excluding diaryl/α,β-unsaturated/α-hetero) is 1. The fourth-order valence-corrected chi connectivity index (χ4v) is 2.53. The second kappa shape index (κ2) is 3.79. The summed E-state index contributed by atoms with van der Waals surface area (Å²) in [7, 11) is 0. The largest absolute Gasteiger partial charge is 0.343 e. The predicted molar refractivity (Wildman–Crippen MR) is 64.0 cm³/mol. The van der Waals surface area contributed by atoms with Gasteiger partial charge >= 0.3 is 0 Å². The number of ketones is 1. The maximum atomic E-state index is 11.7. The van der Waals surface area contributed by atoms with Crippen molar-refractivity contribution in [2.75, 3.05) is 6.54 Å². The molecule has 0 aliphatic rings. The molecule has 0 bridgehead atoms. The van der Waals surface area contributed by atoms with Crippen LogP contribution in [0, 0.1) is 0 Å². The molecule has 0 unspecified atom stereocenters. The summed E-state index contributed by atoms with van der Waals surface area (Å²) in [5.41, 5.74) is 6.70. The van der Waals surface area contributed by atoms with Gasteiger partial charge in [0.25, 0.3) is 0 Å². The average Bonchev–Trinajstić information content (AvgIpc) is 3.03. The van der Waals surface area contributed by atoms with E-state index in [4.69, 9.17) is 5.73 Å². The van der Waals surface area contributed by atoms with Gasteiger partial charge in [-0.05, 0) is 0 Å². The minimum atomic E-state index is -0.135. The molecule has 17 heavy (non-hydrogen) atoms. The van der Waals surface area contributed by atoms with Crippen LogP contribution < -0.4 is 5.73 Å². The molecule has 0 aliphatic carbocycles. The van der Waals surface area contributed by atoms with Crippen LogP contribution in [-0.2, 0) is 0 Å². The summed E-state index contributed by atoms with van der Waals surface area (Å²) in [6, 6.07) is 0. The van der Waals surface area contributed by atoms with E-state index in [0.717, 1.165) is 10.7 Å². The number of carbonyl (C=O) groups excluding carboxylic acids is 1. The topological polar surface area (TPSA) is 89.1 Å². The third kappa shape index (κ3) is 1.48. The van der Waals surface area contributed by atoms with Crippen molar-refractivity contribution < 1.29 is 4.79 Å². The Balaban J connectivity index is 2.26. The first-order valence-corrected chi connectivity index (χ1v) is 5.87. The highest BCUT2D eigenvalue weighted by Crippen LogP contribution is 2.24. The number of nitrogens with two attached hydrogens (primary N) is 1. The Bertz CT molecular complexity index is 666. The van der Waals surface area contributed by atoms with Gasteiger partial charge in [-0.1, -0.05) is 0 Å². The monoisotopic (exact) mass is 247 g/mol. The van der Waals surface area contributed by atoms with Crippen molar-refractivity contribution >= 4 is 22.1 Å². The van der Waals surface area contributed by atoms with Gasteiger partial charge in [-0.2, -0.15) is 0 Å². The minimum Gasteiger partial charge on any atom is -0.343 e. The molecule has 0 spiro atoms. The lowest BCUT2D eigenvalue weighted by Gasteiger charge is -1.99. The van der Waals surface area contributed by atoms with Gasteiger partial charge in [0.1, 0.15) is 11.4 Å². The Morgan fingerprint density at radius 1 is 1.53 bits per heavy atom. The van der Waals surface area contributed by atoms with E-state index >= 15 is 0 Å². The van der Waals surface area contributed by atoms with Crippen LogP contribution in [-0.4, -0.2) is 31.7 Å². The molecule has 0 aliphatic heterocycles. The van der Waals surface area contributed by atoms with Gasteiger partial charge in [-0.3, -0.25) is 9.20 Å². The number of thiazole rings is 1. The Kier molecular flexibility index (Phi) is 2.27. The van der Waals surface area contributed by atoms with Crippen molar-refractivity contribution in [2.45, 2.75) is 0 Å². The van der Waals surface area contributed by atoms with Crippen LogP contribution >= 0.6 is 11.3 Å². The summed E-state index contributed by atoms with van der Waals surface area (Å²) in [5, 5.41) is 1.91. The number of nitrogens with one attached hydrogen (secondary N) is 1. The number of fused-ring (bicyclic) bond motifs is 1. The van der Waals surface area contributed by atoms with Crippen LogP contribution in [0.15, 0.2) is 24.0 Å². The predicted octanol–water partition coefficient (Wildman–Crippen LogP) is 0.927. The Morgan fingerprint density at radius 2 is 2.41 bits per heavy atom. The fourth-order valence-electron chi connectivity index (χ4n) is 1.68. The standard InChI is InChI=1S/C10H9N5OS/c11-3-8(16)6-4-14-10-15(6)7(5-17-10)9-12-1-2-13-9/h1-2,4-5H,3,11H2,(H,12,13).